The SMILES string of the molecule is CCC1CC(C)(C)CCC1(C)C. The molecule has 0 nitrogen and oxygen atoms in total. The maximum Gasteiger partial charge on any atom is -0.0326 e. The molecule has 12 heavy (non-hydrogen) atoms. The standard InChI is InChI=1S/C12H24/c1-6-10-9-11(2,3)7-8-12(10,4)5/h10H,6-9H2,1-5H3. The van der Waals surface area contributed by atoms with Gasteiger partial charge in [0, 0.05) is 0 Å². The number of hydrogen-bond donors (Lipinski definition) is 0. The van der Waals surface area contributed by atoms with E-state index in [0.29, 0.717) is 10.8 Å². The fraction of sp³-hybridized carbons (Fsp3) is 1.00. The molecular weight excluding hydrogens is 144 g/mol. The highest BCUT2D eigenvalue weighted by Crippen LogP contribution is 2.49. The van der Waals surface area contributed by atoms with Crippen LogP contribution in [0.2, 0.25) is 0 Å². The lowest BCUT2D eigenvalue weighted by Gasteiger charge is -2.45. The molecule has 0 saturated heterocycles. The summed E-state index contributed by atoms with van der Waals surface area (Å²) in [5.41, 5.74) is 1.21. The van der Waals surface area contributed by atoms with Gasteiger partial charge >= 0.3 is 0 Å². The smallest absolute Gasteiger partial charge is 0.0326 e. The second kappa shape index (κ2) is 3.05. The Morgan fingerprint density at radius 3 is 2.08 bits per heavy atom. The van der Waals surface area contributed by atoms with Crippen LogP contribution < -0.4 is 0 Å². The molecule has 0 aromatic carbocycles. The summed E-state index contributed by atoms with van der Waals surface area (Å²) < 4.78 is 0. The van der Waals surface area contributed by atoms with Gasteiger partial charge in [0.1, 0.15) is 0 Å². The average molecular weight is 168 g/mol. The van der Waals surface area contributed by atoms with Crippen LogP contribution >= 0.6 is 0 Å². The third-order valence-corrected chi connectivity index (χ3v) is 3.84. The lowest BCUT2D eigenvalue weighted by Crippen LogP contribution is -2.35. The van der Waals surface area contributed by atoms with Gasteiger partial charge in [0.15, 0.2) is 0 Å². The first-order chi connectivity index (χ1) is 5.37. The second-order valence-electron chi connectivity index (χ2n) is 5.96. The minimum absolute atomic E-state index is 0.601. The lowest BCUT2D eigenvalue weighted by atomic mass is 9.60. The molecule has 1 unspecified atom stereocenters. The van der Waals surface area contributed by atoms with Crippen molar-refractivity contribution in [3.8, 4) is 0 Å². The summed E-state index contributed by atoms with van der Waals surface area (Å²) in [4.78, 5) is 0. The van der Waals surface area contributed by atoms with Crippen LogP contribution in [0.15, 0.2) is 0 Å². The van der Waals surface area contributed by atoms with Crippen LogP contribution in [0.1, 0.15) is 60.3 Å². The molecule has 0 N–H and O–H groups in total. The Morgan fingerprint density at radius 1 is 1.08 bits per heavy atom. The zero-order valence-electron chi connectivity index (χ0n) is 9.41. The Bertz CT molecular complexity index is 153. The summed E-state index contributed by atoms with van der Waals surface area (Å²) in [7, 11) is 0. The van der Waals surface area contributed by atoms with Crippen molar-refractivity contribution >= 4 is 0 Å². The first-order valence-electron chi connectivity index (χ1n) is 5.37. The molecule has 1 atom stereocenters. The highest BCUT2D eigenvalue weighted by atomic mass is 14.4. The quantitative estimate of drug-likeness (QED) is 0.549. The van der Waals surface area contributed by atoms with Crippen LogP contribution in [0.4, 0.5) is 0 Å². The first-order valence-corrected chi connectivity index (χ1v) is 5.37. The molecule has 1 rings (SSSR count). The Kier molecular flexibility index (Phi) is 2.56. The molecule has 1 aliphatic rings. The first kappa shape index (κ1) is 10.1. The second-order valence-corrected chi connectivity index (χ2v) is 5.96. The Morgan fingerprint density at radius 2 is 1.67 bits per heavy atom. The molecule has 0 aromatic rings. The van der Waals surface area contributed by atoms with Crippen molar-refractivity contribution in [1.82, 2.24) is 0 Å². The van der Waals surface area contributed by atoms with Crippen molar-refractivity contribution in [2.45, 2.75) is 60.3 Å². The molecule has 0 amide bonds. The van der Waals surface area contributed by atoms with E-state index < -0.39 is 0 Å². The van der Waals surface area contributed by atoms with E-state index in [4.69, 9.17) is 0 Å². The molecule has 72 valence electrons. The predicted molar refractivity (Wildman–Crippen MR) is 55.2 cm³/mol. The Balaban J connectivity index is 2.67. The highest BCUT2D eigenvalue weighted by molar-refractivity contribution is 4.89. The third-order valence-electron chi connectivity index (χ3n) is 3.84. The van der Waals surface area contributed by atoms with Gasteiger partial charge in [0.2, 0.25) is 0 Å². The van der Waals surface area contributed by atoms with Gasteiger partial charge in [-0.3, -0.25) is 0 Å². The van der Waals surface area contributed by atoms with E-state index in [2.05, 4.69) is 34.6 Å². The van der Waals surface area contributed by atoms with Gasteiger partial charge in [-0.15, -0.1) is 0 Å². The van der Waals surface area contributed by atoms with Gasteiger partial charge in [-0.2, -0.15) is 0 Å². The summed E-state index contributed by atoms with van der Waals surface area (Å²) >= 11 is 0. The van der Waals surface area contributed by atoms with E-state index in [1.807, 2.05) is 0 Å². The topological polar surface area (TPSA) is 0 Å². The van der Waals surface area contributed by atoms with E-state index >= 15 is 0 Å². The molecule has 0 radical (unpaired) electrons. The van der Waals surface area contributed by atoms with Crippen molar-refractivity contribution in [3.05, 3.63) is 0 Å². The van der Waals surface area contributed by atoms with Gasteiger partial charge < -0.3 is 0 Å². The average Bonchev–Trinajstić information content (AvgIpc) is 1.95. The van der Waals surface area contributed by atoms with Crippen LogP contribution in [0.5, 0.6) is 0 Å². The molecule has 1 aliphatic carbocycles. The van der Waals surface area contributed by atoms with E-state index in [1.54, 1.807) is 0 Å². The summed E-state index contributed by atoms with van der Waals surface area (Å²) in [6, 6.07) is 0. The van der Waals surface area contributed by atoms with Crippen molar-refractivity contribution < 1.29 is 0 Å². The fourth-order valence-corrected chi connectivity index (χ4v) is 2.61. The van der Waals surface area contributed by atoms with Crippen molar-refractivity contribution in [1.29, 1.82) is 0 Å². The summed E-state index contributed by atoms with van der Waals surface area (Å²) in [5, 5.41) is 0. The number of hydrogen-bond acceptors (Lipinski definition) is 0. The Labute approximate surface area is 77.7 Å². The maximum absolute atomic E-state index is 2.44. The predicted octanol–water partition coefficient (Wildman–Crippen LogP) is 4.25. The van der Waals surface area contributed by atoms with Gasteiger partial charge in [-0.1, -0.05) is 41.0 Å². The summed E-state index contributed by atoms with van der Waals surface area (Å²) in [6.07, 6.45) is 5.61. The molecule has 0 aliphatic heterocycles. The van der Waals surface area contributed by atoms with Crippen LogP contribution in [0.25, 0.3) is 0 Å². The highest BCUT2D eigenvalue weighted by Gasteiger charge is 2.38. The molecule has 0 bridgehead atoms. The number of rotatable bonds is 1. The third kappa shape index (κ3) is 2.02. The van der Waals surface area contributed by atoms with Crippen LogP contribution in [-0.2, 0) is 0 Å². The van der Waals surface area contributed by atoms with Crippen LogP contribution in [-0.4, -0.2) is 0 Å². The van der Waals surface area contributed by atoms with Crippen LogP contribution in [0.3, 0.4) is 0 Å². The van der Waals surface area contributed by atoms with E-state index in [-0.39, 0.29) is 0 Å². The monoisotopic (exact) mass is 168 g/mol. The van der Waals surface area contributed by atoms with Gasteiger partial charge in [0.25, 0.3) is 0 Å². The normalized spacial score (nSPS) is 33.2. The molecular formula is C12H24. The Hall–Kier alpha value is 0. The van der Waals surface area contributed by atoms with Crippen molar-refractivity contribution in [2.75, 3.05) is 0 Å². The lowest BCUT2D eigenvalue weighted by molar-refractivity contribution is 0.0525. The molecule has 1 saturated carbocycles. The van der Waals surface area contributed by atoms with E-state index in [0.717, 1.165) is 5.92 Å². The molecule has 0 heterocycles. The summed E-state index contributed by atoms with van der Waals surface area (Å²) in [6.45, 7) is 12.1. The molecule has 0 spiro atoms. The fourth-order valence-electron chi connectivity index (χ4n) is 2.61. The summed E-state index contributed by atoms with van der Waals surface area (Å²) in [5.74, 6) is 0.946. The maximum atomic E-state index is 2.44. The van der Waals surface area contributed by atoms with E-state index in [9.17, 15) is 0 Å². The zero-order chi connectivity index (χ0) is 9.41. The van der Waals surface area contributed by atoms with Gasteiger partial charge in [0.05, 0.1) is 0 Å². The van der Waals surface area contributed by atoms with Gasteiger partial charge in [-0.25, -0.2) is 0 Å². The van der Waals surface area contributed by atoms with E-state index in [1.165, 1.54) is 25.7 Å². The zero-order valence-corrected chi connectivity index (χ0v) is 9.41. The van der Waals surface area contributed by atoms with Crippen molar-refractivity contribution in [2.24, 2.45) is 16.7 Å². The molecule has 1 fully saturated rings. The largest absolute Gasteiger partial charge is 0.0651 e. The minimum Gasteiger partial charge on any atom is -0.0651 e. The van der Waals surface area contributed by atoms with Crippen molar-refractivity contribution in [3.63, 3.8) is 0 Å². The molecule has 0 heteroatoms. The van der Waals surface area contributed by atoms with Crippen LogP contribution in [0, 0.1) is 16.7 Å². The van der Waals surface area contributed by atoms with Gasteiger partial charge in [-0.05, 0) is 36.0 Å². The molecule has 0 aromatic heterocycles. The minimum atomic E-state index is 0.601.